The fourth-order valence-corrected chi connectivity index (χ4v) is 2.14. The van der Waals surface area contributed by atoms with E-state index in [2.05, 4.69) is 0 Å². The summed E-state index contributed by atoms with van der Waals surface area (Å²) in [7, 11) is 0. The fraction of sp³-hybridized carbons (Fsp3) is 0.0667. The van der Waals surface area contributed by atoms with E-state index in [0.29, 0.717) is 17.0 Å². The van der Waals surface area contributed by atoms with Crippen molar-refractivity contribution in [2.24, 2.45) is 0 Å². The highest BCUT2D eigenvalue weighted by atomic mass is 35.5. The zero-order valence-electron chi connectivity index (χ0n) is 10.3. The van der Waals surface area contributed by atoms with Crippen LogP contribution in [-0.4, -0.2) is 22.2 Å². The first kappa shape index (κ1) is 14.1. The molecule has 20 heavy (non-hydrogen) atoms. The average molecular weight is 291 g/mol. The van der Waals surface area contributed by atoms with Gasteiger partial charge in [0.25, 0.3) is 0 Å². The summed E-state index contributed by atoms with van der Waals surface area (Å²) in [5, 5.41) is 18.7. The van der Waals surface area contributed by atoms with Crippen LogP contribution < -0.4 is 0 Å². The molecule has 0 atom stereocenters. The molecule has 0 heterocycles. The van der Waals surface area contributed by atoms with Gasteiger partial charge in [-0.05, 0) is 41.8 Å². The van der Waals surface area contributed by atoms with Gasteiger partial charge < -0.3 is 10.2 Å². The van der Waals surface area contributed by atoms with Crippen molar-refractivity contribution in [3.05, 3.63) is 69.7 Å². The van der Waals surface area contributed by atoms with Crippen LogP contribution in [0.2, 0.25) is 5.02 Å². The van der Waals surface area contributed by atoms with Gasteiger partial charge in [0, 0.05) is 5.02 Å². The molecule has 0 aliphatic carbocycles. The molecule has 0 aromatic heterocycles. The Bertz CT molecular complexity index is 679. The second kappa shape index (κ2) is 5.75. The highest BCUT2D eigenvalue weighted by Gasteiger charge is 2.14. The van der Waals surface area contributed by atoms with Crippen molar-refractivity contribution in [3.63, 3.8) is 0 Å². The van der Waals surface area contributed by atoms with Crippen molar-refractivity contribution in [2.45, 2.75) is 6.42 Å². The lowest BCUT2D eigenvalue weighted by atomic mass is 9.98. The molecule has 2 aromatic carbocycles. The van der Waals surface area contributed by atoms with Gasteiger partial charge in [-0.25, -0.2) is 9.59 Å². The van der Waals surface area contributed by atoms with E-state index in [0.717, 1.165) is 5.56 Å². The molecule has 2 N–H and O–H groups in total. The molecule has 2 aromatic rings. The standard InChI is InChI=1S/C15H11ClO4/c16-12-3-1-2-9(7-12)6-10-4-5-11(14(17)18)8-13(10)15(19)20/h1-5,7-8H,6H2,(H,17,18)(H,19,20). The summed E-state index contributed by atoms with van der Waals surface area (Å²) < 4.78 is 0. The Balaban J connectivity index is 2.41. The molecule has 0 aliphatic heterocycles. The lowest BCUT2D eigenvalue weighted by Crippen LogP contribution is -2.06. The number of rotatable bonds is 4. The molecule has 0 saturated carbocycles. The first-order valence-electron chi connectivity index (χ1n) is 5.81. The number of halogens is 1. The third-order valence-electron chi connectivity index (χ3n) is 2.87. The Morgan fingerprint density at radius 3 is 2.35 bits per heavy atom. The first-order valence-corrected chi connectivity index (χ1v) is 6.19. The summed E-state index contributed by atoms with van der Waals surface area (Å²) in [6, 6.07) is 11.2. The first-order chi connectivity index (χ1) is 9.47. The molecule has 0 aliphatic rings. The van der Waals surface area contributed by atoms with E-state index < -0.39 is 11.9 Å². The zero-order chi connectivity index (χ0) is 14.7. The van der Waals surface area contributed by atoms with E-state index in [-0.39, 0.29) is 11.1 Å². The summed E-state index contributed by atoms with van der Waals surface area (Å²) in [4.78, 5) is 22.1. The smallest absolute Gasteiger partial charge is 0.336 e. The second-order valence-electron chi connectivity index (χ2n) is 4.29. The monoisotopic (exact) mass is 290 g/mol. The zero-order valence-corrected chi connectivity index (χ0v) is 11.1. The molecule has 0 amide bonds. The normalized spacial score (nSPS) is 10.2. The number of carbonyl (C=O) groups is 2. The summed E-state index contributed by atoms with van der Waals surface area (Å²) in [6.45, 7) is 0. The topological polar surface area (TPSA) is 74.6 Å². The van der Waals surface area contributed by atoms with Crippen LogP contribution in [0.3, 0.4) is 0 Å². The van der Waals surface area contributed by atoms with E-state index in [9.17, 15) is 14.7 Å². The minimum Gasteiger partial charge on any atom is -0.478 e. The number of carboxylic acids is 2. The molecule has 0 spiro atoms. The molecule has 102 valence electrons. The summed E-state index contributed by atoms with van der Waals surface area (Å²) >= 11 is 5.89. The van der Waals surface area contributed by atoms with Gasteiger partial charge in [-0.3, -0.25) is 0 Å². The molecule has 0 radical (unpaired) electrons. The third kappa shape index (κ3) is 3.16. The highest BCUT2D eigenvalue weighted by Crippen LogP contribution is 2.19. The molecule has 2 rings (SSSR count). The number of carboxylic acid groups (broad SMARTS) is 2. The Hall–Kier alpha value is -2.33. The Morgan fingerprint density at radius 1 is 1.00 bits per heavy atom. The molecule has 4 nitrogen and oxygen atoms in total. The predicted octanol–water partition coefficient (Wildman–Crippen LogP) is 3.33. The van der Waals surface area contributed by atoms with Gasteiger partial charge in [0.2, 0.25) is 0 Å². The minimum absolute atomic E-state index is 0.00937. The van der Waals surface area contributed by atoms with Crippen molar-refractivity contribution >= 4 is 23.5 Å². The van der Waals surface area contributed by atoms with Gasteiger partial charge in [0.1, 0.15) is 0 Å². The van der Waals surface area contributed by atoms with Crippen LogP contribution in [0.15, 0.2) is 42.5 Å². The number of aromatic carboxylic acids is 2. The summed E-state index contributed by atoms with van der Waals surface area (Å²) in [5.41, 5.74) is 1.36. The highest BCUT2D eigenvalue weighted by molar-refractivity contribution is 6.30. The SMILES string of the molecule is O=C(O)c1ccc(Cc2cccc(Cl)c2)c(C(=O)O)c1. The maximum absolute atomic E-state index is 11.2. The minimum atomic E-state index is -1.15. The van der Waals surface area contributed by atoms with Crippen molar-refractivity contribution in [1.29, 1.82) is 0 Å². The van der Waals surface area contributed by atoms with Crippen molar-refractivity contribution in [1.82, 2.24) is 0 Å². The predicted molar refractivity (Wildman–Crippen MR) is 74.6 cm³/mol. The summed E-state index contributed by atoms with van der Waals surface area (Å²) in [6.07, 6.45) is 0.377. The number of benzene rings is 2. The molecule has 0 saturated heterocycles. The quantitative estimate of drug-likeness (QED) is 0.906. The van der Waals surface area contributed by atoms with Gasteiger partial charge in [-0.1, -0.05) is 29.8 Å². The van der Waals surface area contributed by atoms with E-state index in [1.54, 1.807) is 18.2 Å². The van der Waals surface area contributed by atoms with Crippen molar-refractivity contribution in [2.75, 3.05) is 0 Å². The van der Waals surface area contributed by atoms with Crippen LogP contribution in [0.5, 0.6) is 0 Å². The Labute approximate surface area is 120 Å². The Morgan fingerprint density at radius 2 is 1.75 bits per heavy atom. The summed E-state index contributed by atoms with van der Waals surface area (Å²) in [5.74, 6) is -2.30. The maximum Gasteiger partial charge on any atom is 0.336 e. The molecule has 0 fully saturated rings. The van der Waals surface area contributed by atoms with E-state index >= 15 is 0 Å². The van der Waals surface area contributed by atoms with E-state index in [1.165, 1.54) is 18.2 Å². The maximum atomic E-state index is 11.2. The van der Waals surface area contributed by atoms with Gasteiger partial charge in [0.15, 0.2) is 0 Å². The van der Waals surface area contributed by atoms with Crippen LogP contribution in [0.1, 0.15) is 31.8 Å². The second-order valence-corrected chi connectivity index (χ2v) is 4.73. The van der Waals surface area contributed by atoms with Crippen LogP contribution in [0.4, 0.5) is 0 Å². The van der Waals surface area contributed by atoms with Crippen molar-refractivity contribution in [3.8, 4) is 0 Å². The Kier molecular flexibility index (Phi) is 4.05. The molecule has 0 unspecified atom stereocenters. The van der Waals surface area contributed by atoms with Crippen LogP contribution >= 0.6 is 11.6 Å². The van der Waals surface area contributed by atoms with Gasteiger partial charge in [-0.15, -0.1) is 0 Å². The van der Waals surface area contributed by atoms with Crippen molar-refractivity contribution < 1.29 is 19.8 Å². The van der Waals surface area contributed by atoms with Gasteiger partial charge in [-0.2, -0.15) is 0 Å². The van der Waals surface area contributed by atoms with Gasteiger partial charge in [0.05, 0.1) is 11.1 Å². The van der Waals surface area contributed by atoms with E-state index in [4.69, 9.17) is 16.7 Å². The molecule has 5 heteroatoms. The number of hydrogen-bond acceptors (Lipinski definition) is 2. The third-order valence-corrected chi connectivity index (χ3v) is 3.11. The van der Waals surface area contributed by atoms with E-state index in [1.807, 2.05) is 6.07 Å². The van der Waals surface area contributed by atoms with Crippen LogP contribution in [-0.2, 0) is 6.42 Å². The molecular weight excluding hydrogens is 280 g/mol. The largest absolute Gasteiger partial charge is 0.478 e. The average Bonchev–Trinajstić information content (AvgIpc) is 2.38. The lowest BCUT2D eigenvalue weighted by molar-refractivity contribution is 0.0695. The van der Waals surface area contributed by atoms with Crippen LogP contribution in [0.25, 0.3) is 0 Å². The van der Waals surface area contributed by atoms with Gasteiger partial charge >= 0.3 is 11.9 Å². The van der Waals surface area contributed by atoms with Crippen LogP contribution in [0, 0.1) is 0 Å². The molecular formula is C15H11ClO4. The number of hydrogen-bond donors (Lipinski definition) is 2. The lowest BCUT2D eigenvalue weighted by Gasteiger charge is -2.08. The molecule has 0 bridgehead atoms. The fourth-order valence-electron chi connectivity index (χ4n) is 1.93.